The molecular weight excluding hydrogens is 340 g/mol. The lowest BCUT2D eigenvalue weighted by Crippen LogP contribution is -2.57. The predicted molar refractivity (Wildman–Crippen MR) is 91.9 cm³/mol. The summed E-state index contributed by atoms with van der Waals surface area (Å²) < 4.78 is 28.8. The van der Waals surface area contributed by atoms with Gasteiger partial charge in [0.15, 0.2) is 0 Å². The van der Waals surface area contributed by atoms with Gasteiger partial charge in [0.2, 0.25) is 5.91 Å². The van der Waals surface area contributed by atoms with Crippen molar-refractivity contribution in [3.63, 3.8) is 0 Å². The number of nitrogens with zero attached hydrogens (tertiary/aromatic N) is 3. The topological polar surface area (TPSA) is 53.5 Å². The van der Waals surface area contributed by atoms with E-state index < -0.39 is 30.2 Å². The molecule has 5 nitrogen and oxygen atoms in total. The number of carbonyl (C=O) groups is 2. The minimum absolute atomic E-state index is 0.0130. The van der Waals surface area contributed by atoms with Crippen molar-refractivity contribution in [1.29, 1.82) is 0 Å². The van der Waals surface area contributed by atoms with E-state index >= 15 is 0 Å². The SMILES string of the molecule is CN1CCC2(CN(C(=O)c3ccc4ccccc4n3)CC(F)(F)C2)C1=O. The number of fused-ring (bicyclic) bond motifs is 1. The normalized spacial score (nSPS) is 25.3. The third-order valence-electron chi connectivity index (χ3n) is 5.34. The molecule has 0 radical (unpaired) electrons. The molecule has 136 valence electrons. The smallest absolute Gasteiger partial charge is 0.272 e. The average Bonchev–Trinajstić information content (AvgIpc) is 2.87. The summed E-state index contributed by atoms with van der Waals surface area (Å²) in [5, 5.41) is 0.872. The van der Waals surface area contributed by atoms with Gasteiger partial charge in [0.25, 0.3) is 11.8 Å². The monoisotopic (exact) mass is 359 g/mol. The second-order valence-electron chi connectivity index (χ2n) is 7.34. The van der Waals surface area contributed by atoms with Crippen LogP contribution in [0, 0.1) is 5.41 Å². The number of hydrogen-bond acceptors (Lipinski definition) is 3. The predicted octanol–water partition coefficient (Wildman–Crippen LogP) is 2.56. The summed E-state index contributed by atoms with van der Waals surface area (Å²) in [6.45, 7) is -0.233. The van der Waals surface area contributed by atoms with Crippen LogP contribution in [0.5, 0.6) is 0 Å². The van der Waals surface area contributed by atoms with Gasteiger partial charge in [0, 0.05) is 31.9 Å². The first-order chi connectivity index (χ1) is 12.3. The van der Waals surface area contributed by atoms with Crippen LogP contribution in [0.4, 0.5) is 8.78 Å². The number of likely N-dealkylation sites (tertiary alicyclic amines) is 2. The van der Waals surface area contributed by atoms with Crippen LogP contribution in [0.3, 0.4) is 0 Å². The highest BCUT2D eigenvalue weighted by molar-refractivity contribution is 5.96. The molecule has 1 aromatic heterocycles. The number of para-hydroxylation sites is 1. The van der Waals surface area contributed by atoms with Crippen molar-refractivity contribution >= 4 is 22.7 Å². The average molecular weight is 359 g/mol. The van der Waals surface area contributed by atoms with Crippen LogP contribution >= 0.6 is 0 Å². The van der Waals surface area contributed by atoms with Gasteiger partial charge in [-0.05, 0) is 18.6 Å². The maximum atomic E-state index is 14.4. The van der Waals surface area contributed by atoms with E-state index in [1.165, 1.54) is 4.90 Å². The zero-order chi connectivity index (χ0) is 18.5. The Bertz CT molecular complexity index is 901. The lowest BCUT2D eigenvalue weighted by Gasteiger charge is -2.42. The summed E-state index contributed by atoms with van der Waals surface area (Å²) in [6, 6.07) is 10.6. The van der Waals surface area contributed by atoms with Gasteiger partial charge in [-0.1, -0.05) is 24.3 Å². The summed E-state index contributed by atoms with van der Waals surface area (Å²) in [4.78, 5) is 32.2. The molecule has 1 spiro atoms. The highest BCUT2D eigenvalue weighted by Crippen LogP contribution is 2.45. The molecule has 3 heterocycles. The zero-order valence-corrected chi connectivity index (χ0v) is 14.4. The van der Waals surface area contributed by atoms with Gasteiger partial charge in [-0.2, -0.15) is 0 Å². The van der Waals surface area contributed by atoms with E-state index in [9.17, 15) is 18.4 Å². The lowest BCUT2D eigenvalue weighted by atomic mass is 9.77. The van der Waals surface area contributed by atoms with Gasteiger partial charge in [-0.15, -0.1) is 0 Å². The Balaban J connectivity index is 1.67. The van der Waals surface area contributed by atoms with Crippen molar-refractivity contribution in [1.82, 2.24) is 14.8 Å². The van der Waals surface area contributed by atoms with Crippen molar-refractivity contribution in [3.8, 4) is 0 Å². The van der Waals surface area contributed by atoms with Crippen LogP contribution in [0.25, 0.3) is 10.9 Å². The zero-order valence-electron chi connectivity index (χ0n) is 14.4. The van der Waals surface area contributed by atoms with Crippen molar-refractivity contribution in [2.45, 2.75) is 18.8 Å². The first kappa shape index (κ1) is 16.9. The fourth-order valence-electron chi connectivity index (χ4n) is 4.10. The maximum Gasteiger partial charge on any atom is 0.272 e. The van der Waals surface area contributed by atoms with Gasteiger partial charge in [-0.3, -0.25) is 9.59 Å². The largest absolute Gasteiger partial charge is 0.345 e. The second kappa shape index (κ2) is 5.72. The molecule has 1 aromatic carbocycles. The molecule has 7 heteroatoms. The number of halogens is 2. The van der Waals surface area contributed by atoms with E-state index in [1.54, 1.807) is 31.3 Å². The van der Waals surface area contributed by atoms with Crippen LogP contribution in [-0.2, 0) is 4.79 Å². The lowest BCUT2D eigenvalue weighted by molar-refractivity contribution is -0.150. The number of rotatable bonds is 1. The molecule has 2 fully saturated rings. The van der Waals surface area contributed by atoms with Crippen LogP contribution in [-0.4, -0.2) is 59.2 Å². The third-order valence-corrected chi connectivity index (χ3v) is 5.34. The van der Waals surface area contributed by atoms with E-state index in [1.807, 2.05) is 12.1 Å². The van der Waals surface area contributed by atoms with Crippen LogP contribution in [0.15, 0.2) is 36.4 Å². The molecule has 0 N–H and O–H groups in total. The Labute approximate surface area is 149 Å². The molecule has 0 aliphatic carbocycles. The first-order valence-electron chi connectivity index (χ1n) is 8.58. The second-order valence-corrected chi connectivity index (χ2v) is 7.34. The number of hydrogen-bond donors (Lipinski definition) is 0. The molecule has 1 atom stereocenters. The first-order valence-corrected chi connectivity index (χ1v) is 8.58. The molecule has 0 bridgehead atoms. The minimum atomic E-state index is -3.09. The summed E-state index contributed by atoms with van der Waals surface area (Å²) in [7, 11) is 1.61. The third kappa shape index (κ3) is 2.71. The Morgan fingerprint density at radius 3 is 2.65 bits per heavy atom. The number of piperidine rings is 1. The van der Waals surface area contributed by atoms with Gasteiger partial charge in [0.1, 0.15) is 5.69 Å². The van der Waals surface area contributed by atoms with Gasteiger partial charge >= 0.3 is 0 Å². The molecule has 26 heavy (non-hydrogen) atoms. The maximum absolute atomic E-state index is 14.4. The summed E-state index contributed by atoms with van der Waals surface area (Å²) in [5.41, 5.74) is -0.438. The number of aromatic nitrogens is 1. The summed E-state index contributed by atoms with van der Waals surface area (Å²) in [5.74, 6) is -3.95. The van der Waals surface area contributed by atoms with E-state index in [-0.39, 0.29) is 18.1 Å². The molecule has 2 amide bonds. The van der Waals surface area contributed by atoms with Crippen molar-refractivity contribution in [2.24, 2.45) is 5.41 Å². The van der Waals surface area contributed by atoms with E-state index in [4.69, 9.17) is 0 Å². The van der Waals surface area contributed by atoms with E-state index in [2.05, 4.69) is 4.98 Å². The Morgan fingerprint density at radius 1 is 1.15 bits per heavy atom. The summed E-state index contributed by atoms with van der Waals surface area (Å²) in [6.07, 6.45) is -0.162. The molecule has 2 aliphatic rings. The Morgan fingerprint density at radius 2 is 1.92 bits per heavy atom. The fraction of sp³-hybridized carbons (Fsp3) is 0.421. The van der Waals surface area contributed by atoms with Crippen molar-refractivity contribution in [2.75, 3.05) is 26.7 Å². The molecule has 2 aromatic rings. The van der Waals surface area contributed by atoms with Crippen molar-refractivity contribution in [3.05, 3.63) is 42.1 Å². The quantitative estimate of drug-likeness (QED) is 0.786. The highest BCUT2D eigenvalue weighted by atomic mass is 19.3. The number of benzene rings is 1. The Kier molecular flexibility index (Phi) is 3.71. The highest BCUT2D eigenvalue weighted by Gasteiger charge is 2.57. The number of carbonyl (C=O) groups excluding carboxylic acids is 2. The minimum Gasteiger partial charge on any atom is -0.345 e. The molecule has 1 unspecified atom stereocenters. The molecule has 0 saturated carbocycles. The van der Waals surface area contributed by atoms with Crippen LogP contribution < -0.4 is 0 Å². The fourth-order valence-corrected chi connectivity index (χ4v) is 4.10. The molecular formula is C19H19F2N3O2. The molecule has 2 aliphatic heterocycles. The number of pyridine rings is 1. The standard InChI is InChI=1S/C19H19F2N3O2/c1-23-9-8-18(17(23)26)10-19(20,21)12-24(11-18)16(25)15-7-6-13-4-2-3-5-14(13)22-15/h2-7H,8-12H2,1H3. The van der Waals surface area contributed by atoms with Crippen LogP contribution in [0.2, 0.25) is 0 Å². The van der Waals surface area contributed by atoms with Crippen molar-refractivity contribution < 1.29 is 18.4 Å². The molecule has 4 rings (SSSR count). The van der Waals surface area contributed by atoms with Gasteiger partial charge < -0.3 is 9.80 Å². The van der Waals surface area contributed by atoms with E-state index in [0.29, 0.717) is 18.5 Å². The summed E-state index contributed by atoms with van der Waals surface area (Å²) >= 11 is 0. The number of amides is 2. The Hall–Kier alpha value is -2.57. The van der Waals surface area contributed by atoms with Gasteiger partial charge in [0.05, 0.1) is 17.5 Å². The molecule has 2 saturated heterocycles. The van der Waals surface area contributed by atoms with Crippen LogP contribution in [0.1, 0.15) is 23.3 Å². The van der Waals surface area contributed by atoms with E-state index in [0.717, 1.165) is 10.3 Å². The number of alkyl halides is 2. The van der Waals surface area contributed by atoms with Gasteiger partial charge in [-0.25, -0.2) is 13.8 Å².